The highest BCUT2D eigenvalue weighted by Crippen LogP contribution is 2.40. The molecule has 1 heteroatoms. The minimum atomic E-state index is 0.827. The van der Waals surface area contributed by atoms with Gasteiger partial charge in [-0.3, -0.25) is 0 Å². The highest BCUT2D eigenvalue weighted by atomic mass is 14.7. The van der Waals surface area contributed by atoms with E-state index in [2.05, 4.69) is 36.2 Å². The van der Waals surface area contributed by atoms with E-state index in [9.17, 15) is 0 Å². The second kappa shape index (κ2) is 2.38. The third-order valence-electron chi connectivity index (χ3n) is 2.82. The molecule has 1 aliphatic rings. The maximum Gasteiger partial charge on any atom is 0.0458 e. The summed E-state index contributed by atoms with van der Waals surface area (Å²) in [6.45, 7) is 2.14. The van der Waals surface area contributed by atoms with Gasteiger partial charge in [-0.1, -0.05) is 12.1 Å². The fraction of sp³-hybridized carbons (Fsp3) is 0.333. The second-order valence-electron chi connectivity index (χ2n) is 4.09. The van der Waals surface area contributed by atoms with E-state index in [0.29, 0.717) is 0 Å². The molecule has 0 saturated heterocycles. The molecule has 1 heterocycles. The van der Waals surface area contributed by atoms with Crippen molar-refractivity contribution >= 4 is 10.9 Å². The molecule has 0 spiro atoms. The van der Waals surface area contributed by atoms with Gasteiger partial charge in [-0.15, -0.1) is 0 Å². The van der Waals surface area contributed by atoms with E-state index in [-0.39, 0.29) is 0 Å². The van der Waals surface area contributed by atoms with Crippen LogP contribution in [0.2, 0.25) is 0 Å². The Labute approximate surface area is 77.8 Å². The molecule has 1 saturated carbocycles. The quantitative estimate of drug-likeness (QED) is 0.677. The van der Waals surface area contributed by atoms with Gasteiger partial charge in [0.15, 0.2) is 0 Å². The van der Waals surface area contributed by atoms with Crippen molar-refractivity contribution in [2.24, 2.45) is 0 Å². The summed E-state index contributed by atoms with van der Waals surface area (Å²) in [6, 6.07) is 8.90. The summed E-state index contributed by atoms with van der Waals surface area (Å²) in [4.78, 5) is 3.50. The molecule has 0 unspecified atom stereocenters. The highest BCUT2D eigenvalue weighted by molar-refractivity contribution is 5.81. The van der Waals surface area contributed by atoms with E-state index < -0.39 is 0 Å². The third-order valence-corrected chi connectivity index (χ3v) is 2.82. The van der Waals surface area contributed by atoms with Crippen LogP contribution >= 0.6 is 0 Å². The molecule has 0 bridgehead atoms. The largest absolute Gasteiger partial charge is 0.358 e. The van der Waals surface area contributed by atoms with Crippen LogP contribution in [0.5, 0.6) is 0 Å². The molecule has 2 aromatic rings. The predicted octanol–water partition coefficient (Wildman–Crippen LogP) is 3.35. The summed E-state index contributed by atoms with van der Waals surface area (Å²) in [6.07, 6.45) is 2.73. The lowest BCUT2D eigenvalue weighted by atomic mass is 10.2. The zero-order chi connectivity index (χ0) is 8.84. The molecule has 1 aliphatic carbocycles. The molecular weight excluding hydrogens is 158 g/mol. The monoisotopic (exact) mass is 171 g/mol. The van der Waals surface area contributed by atoms with E-state index in [1.54, 1.807) is 0 Å². The van der Waals surface area contributed by atoms with Gasteiger partial charge < -0.3 is 4.98 Å². The van der Waals surface area contributed by atoms with Crippen molar-refractivity contribution < 1.29 is 0 Å². The van der Waals surface area contributed by atoms with Crippen LogP contribution in [0.15, 0.2) is 24.3 Å². The van der Waals surface area contributed by atoms with Gasteiger partial charge >= 0.3 is 0 Å². The summed E-state index contributed by atoms with van der Waals surface area (Å²) in [5, 5.41) is 1.35. The molecular formula is C12H13N. The number of nitrogens with one attached hydrogen (secondary N) is 1. The maximum atomic E-state index is 3.50. The van der Waals surface area contributed by atoms with Crippen molar-refractivity contribution in [2.45, 2.75) is 25.7 Å². The van der Waals surface area contributed by atoms with Crippen LogP contribution in [-0.4, -0.2) is 4.98 Å². The Kier molecular flexibility index (Phi) is 1.32. The van der Waals surface area contributed by atoms with Crippen LogP contribution in [0.25, 0.3) is 10.9 Å². The topological polar surface area (TPSA) is 15.8 Å². The van der Waals surface area contributed by atoms with Crippen molar-refractivity contribution in [2.75, 3.05) is 0 Å². The van der Waals surface area contributed by atoms with Gasteiger partial charge in [0, 0.05) is 11.2 Å². The lowest BCUT2D eigenvalue weighted by Gasteiger charge is -1.91. The SMILES string of the molecule is Cc1ccc2cc(C3CC3)[nH]c2c1. The number of aromatic nitrogens is 1. The normalized spacial score (nSPS) is 16.7. The summed E-state index contributed by atoms with van der Waals surface area (Å²) in [7, 11) is 0. The second-order valence-corrected chi connectivity index (χ2v) is 4.09. The fourth-order valence-corrected chi connectivity index (χ4v) is 1.88. The molecule has 66 valence electrons. The molecule has 13 heavy (non-hydrogen) atoms. The van der Waals surface area contributed by atoms with Crippen LogP contribution in [0, 0.1) is 6.92 Å². The zero-order valence-electron chi connectivity index (χ0n) is 7.80. The summed E-state index contributed by atoms with van der Waals surface area (Å²) < 4.78 is 0. The first-order valence-corrected chi connectivity index (χ1v) is 4.92. The van der Waals surface area contributed by atoms with Gasteiger partial charge in [-0.2, -0.15) is 0 Å². The van der Waals surface area contributed by atoms with Crippen LogP contribution in [0.4, 0.5) is 0 Å². The third kappa shape index (κ3) is 1.15. The molecule has 0 atom stereocenters. The van der Waals surface area contributed by atoms with E-state index in [4.69, 9.17) is 0 Å². The first kappa shape index (κ1) is 7.19. The van der Waals surface area contributed by atoms with Crippen molar-refractivity contribution in [1.82, 2.24) is 4.98 Å². The number of hydrogen-bond acceptors (Lipinski definition) is 0. The summed E-state index contributed by atoms with van der Waals surface area (Å²) in [5.41, 5.74) is 4.05. The Morgan fingerprint density at radius 2 is 2.08 bits per heavy atom. The summed E-state index contributed by atoms with van der Waals surface area (Å²) in [5.74, 6) is 0.827. The van der Waals surface area contributed by atoms with E-state index >= 15 is 0 Å². The van der Waals surface area contributed by atoms with Crippen LogP contribution in [-0.2, 0) is 0 Å². The Morgan fingerprint density at radius 1 is 1.23 bits per heavy atom. The number of fused-ring (bicyclic) bond motifs is 1. The lowest BCUT2D eigenvalue weighted by molar-refractivity contribution is 1.06. The molecule has 1 aromatic heterocycles. The Balaban J connectivity index is 2.20. The van der Waals surface area contributed by atoms with Gasteiger partial charge in [0.25, 0.3) is 0 Å². The number of aryl methyl sites for hydroxylation is 1. The molecule has 0 amide bonds. The predicted molar refractivity (Wildman–Crippen MR) is 55.0 cm³/mol. The van der Waals surface area contributed by atoms with Gasteiger partial charge in [0.05, 0.1) is 0 Å². The molecule has 0 aliphatic heterocycles. The molecule has 0 radical (unpaired) electrons. The lowest BCUT2D eigenvalue weighted by Crippen LogP contribution is -1.75. The van der Waals surface area contributed by atoms with Gasteiger partial charge in [-0.25, -0.2) is 0 Å². The first-order valence-electron chi connectivity index (χ1n) is 4.92. The first-order chi connectivity index (χ1) is 6.33. The maximum absolute atomic E-state index is 3.50. The van der Waals surface area contributed by atoms with Gasteiger partial charge in [0.2, 0.25) is 0 Å². The Bertz CT molecular complexity index is 449. The zero-order valence-corrected chi connectivity index (χ0v) is 7.80. The standard InChI is InChI=1S/C12H13N/c1-8-2-3-10-7-12(9-4-5-9)13-11(10)6-8/h2-3,6-7,9,13H,4-5H2,1H3. The van der Waals surface area contributed by atoms with E-state index in [0.717, 1.165) is 5.92 Å². The average molecular weight is 171 g/mol. The number of H-pyrrole nitrogens is 1. The molecule has 1 nitrogen and oxygen atoms in total. The summed E-state index contributed by atoms with van der Waals surface area (Å²) >= 11 is 0. The molecule has 1 aromatic carbocycles. The van der Waals surface area contributed by atoms with Crippen molar-refractivity contribution in [3.63, 3.8) is 0 Å². The molecule has 1 fully saturated rings. The number of benzene rings is 1. The highest BCUT2D eigenvalue weighted by Gasteiger charge is 2.24. The molecule has 3 rings (SSSR count). The fourth-order valence-electron chi connectivity index (χ4n) is 1.88. The Hall–Kier alpha value is -1.24. The van der Waals surface area contributed by atoms with Crippen molar-refractivity contribution in [3.05, 3.63) is 35.5 Å². The minimum absolute atomic E-state index is 0.827. The number of aromatic amines is 1. The smallest absolute Gasteiger partial charge is 0.0458 e. The van der Waals surface area contributed by atoms with Gasteiger partial charge in [-0.05, 0) is 48.8 Å². The number of rotatable bonds is 1. The van der Waals surface area contributed by atoms with Crippen molar-refractivity contribution in [1.29, 1.82) is 0 Å². The van der Waals surface area contributed by atoms with Crippen molar-refractivity contribution in [3.8, 4) is 0 Å². The number of hydrogen-bond donors (Lipinski definition) is 1. The van der Waals surface area contributed by atoms with Crippen LogP contribution in [0.1, 0.15) is 30.0 Å². The minimum Gasteiger partial charge on any atom is -0.358 e. The molecule has 1 N–H and O–H groups in total. The van der Waals surface area contributed by atoms with E-state index in [1.165, 1.54) is 35.0 Å². The van der Waals surface area contributed by atoms with Crippen LogP contribution in [0.3, 0.4) is 0 Å². The van der Waals surface area contributed by atoms with E-state index in [1.807, 2.05) is 0 Å². The van der Waals surface area contributed by atoms with Crippen LogP contribution < -0.4 is 0 Å². The van der Waals surface area contributed by atoms with Gasteiger partial charge in [0.1, 0.15) is 0 Å². The Morgan fingerprint density at radius 3 is 2.85 bits per heavy atom. The average Bonchev–Trinajstić information content (AvgIpc) is 2.87.